The second-order valence-corrected chi connectivity index (χ2v) is 12.9. The third-order valence-electron chi connectivity index (χ3n) is 7.90. The third kappa shape index (κ3) is 6.80. The first kappa shape index (κ1) is 33.5. The molecule has 1 aromatic rings. The van der Waals surface area contributed by atoms with Crippen molar-refractivity contribution >= 4 is 10.0 Å². The minimum atomic E-state index is -4.12. The molecule has 0 spiro atoms. The van der Waals surface area contributed by atoms with Crippen LogP contribution in [0.4, 0.5) is 0 Å². The summed E-state index contributed by atoms with van der Waals surface area (Å²) in [7, 11) is -4.12. The van der Waals surface area contributed by atoms with Gasteiger partial charge in [-0.15, -0.1) is 0 Å². The summed E-state index contributed by atoms with van der Waals surface area (Å²) >= 11 is 0. The molecule has 13 N–H and O–H groups in total. The molecule has 16 nitrogen and oxygen atoms in total. The maximum atomic E-state index is 13.1. The Balaban J connectivity index is 1.62. The average Bonchev–Trinajstić information content (AvgIpc) is 3.22. The average molecular weight is 623 g/mol. The second kappa shape index (κ2) is 13.3. The summed E-state index contributed by atoms with van der Waals surface area (Å²) in [6, 6.07) is 3.15. The molecule has 0 bridgehead atoms. The summed E-state index contributed by atoms with van der Waals surface area (Å²) < 4.78 is 51.8. The Morgan fingerprint density at radius 1 is 0.857 bits per heavy atom. The van der Waals surface area contributed by atoms with Crippen molar-refractivity contribution < 1.29 is 58.0 Å². The highest BCUT2D eigenvalue weighted by atomic mass is 32.2. The molecule has 4 rings (SSSR count). The van der Waals surface area contributed by atoms with Gasteiger partial charge in [0.15, 0.2) is 12.6 Å². The second-order valence-electron chi connectivity index (χ2n) is 11.2. The van der Waals surface area contributed by atoms with Crippen LogP contribution in [-0.4, -0.2) is 137 Å². The first-order chi connectivity index (χ1) is 19.6. The summed E-state index contributed by atoms with van der Waals surface area (Å²) in [5, 5.41) is 63.3. The Bertz CT molecular complexity index is 1130. The molecule has 2 aliphatic heterocycles. The fourth-order valence-electron chi connectivity index (χ4n) is 5.51. The van der Waals surface area contributed by atoms with Crippen LogP contribution in [0.2, 0.25) is 0 Å². The molecule has 3 fully saturated rings. The Kier molecular flexibility index (Phi) is 10.6. The van der Waals surface area contributed by atoms with E-state index in [4.69, 9.17) is 36.1 Å². The summed E-state index contributed by atoms with van der Waals surface area (Å²) in [5.74, 6) is 0. The summed E-state index contributed by atoms with van der Waals surface area (Å²) in [6.45, 7) is 2.88. The number of hydrogen-bond acceptors (Lipinski definition) is 15. The van der Waals surface area contributed by atoms with E-state index in [0.29, 0.717) is 0 Å². The molecule has 0 aromatic heterocycles. The first-order valence-corrected chi connectivity index (χ1v) is 15.2. The van der Waals surface area contributed by atoms with Crippen molar-refractivity contribution in [3.63, 3.8) is 0 Å². The van der Waals surface area contributed by atoms with E-state index in [2.05, 4.69) is 4.72 Å². The smallest absolute Gasteiger partial charge is 0.240 e. The van der Waals surface area contributed by atoms with Gasteiger partial charge < -0.3 is 66.8 Å². The Labute approximate surface area is 243 Å². The molecule has 42 heavy (non-hydrogen) atoms. The quantitative estimate of drug-likeness (QED) is 0.124. The van der Waals surface area contributed by atoms with Gasteiger partial charge in [-0.1, -0.05) is 18.2 Å². The minimum Gasteiger partial charge on any atom is -0.391 e. The van der Waals surface area contributed by atoms with Gasteiger partial charge in [0.1, 0.15) is 48.8 Å². The predicted molar refractivity (Wildman–Crippen MR) is 144 cm³/mol. The molecule has 0 amide bonds. The topological polar surface area (TPSA) is 283 Å². The normalized spacial score (nSPS) is 44.5. The highest BCUT2D eigenvalue weighted by Gasteiger charge is 2.54. The highest BCUT2D eigenvalue weighted by Crippen LogP contribution is 2.33. The van der Waals surface area contributed by atoms with Gasteiger partial charge in [0.2, 0.25) is 10.0 Å². The number of nitrogens with one attached hydrogen (secondary N) is 1. The van der Waals surface area contributed by atoms with E-state index in [1.54, 1.807) is 13.0 Å². The number of rotatable bonds is 9. The Morgan fingerprint density at radius 3 is 2.00 bits per heavy atom. The van der Waals surface area contributed by atoms with E-state index in [1.165, 1.54) is 31.2 Å². The maximum absolute atomic E-state index is 13.1. The first-order valence-electron chi connectivity index (χ1n) is 13.7. The van der Waals surface area contributed by atoms with Crippen LogP contribution in [0, 0.1) is 0 Å². The minimum absolute atomic E-state index is 0.0580. The molecule has 1 aliphatic carbocycles. The van der Waals surface area contributed by atoms with Gasteiger partial charge in [0.05, 0.1) is 29.2 Å². The molecule has 5 unspecified atom stereocenters. The van der Waals surface area contributed by atoms with Crippen LogP contribution in [0.3, 0.4) is 0 Å². The van der Waals surface area contributed by atoms with E-state index in [1.807, 2.05) is 0 Å². The molecule has 16 atom stereocenters. The largest absolute Gasteiger partial charge is 0.391 e. The van der Waals surface area contributed by atoms with Crippen molar-refractivity contribution in [2.24, 2.45) is 17.2 Å². The Morgan fingerprint density at radius 2 is 1.43 bits per heavy atom. The lowest BCUT2D eigenvalue weighted by Gasteiger charge is -2.48. The van der Waals surface area contributed by atoms with Crippen LogP contribution in [0.15, 0.2) is 35.2 Å². The van der Waals surface area contributed by atoms with Crippen molar-refractivity contribution in [2.75, 3.05) is 0 Å². The SMILES string of the molecule is C[C@@H](O)C1O[C@H](O[C@@H]2C(N)C[C@@H](NS(=O)(=O)c3ccccc3)C(O)[C@H]2O[C@@H]2O[C@H]([C@@H](C)N)[C@H](O)C2O)C(N)[C@@H](O)[C@@H]1O. The molecule has 0 radical (unpaired) electrons. The van der Waals surface area contributed by atoms with Crippen LogP contribution in [-0.2, 0) is 29.0 Å². The van der Waals surface area contributed by atoms with Gasteiger partial charge in [0.25, 0.3) is 0 Å². The number of ether oxygens (including phenoxy) is 4. The lowest BCUT2D eigenvalue weighted by Crippen LogP contribution is -2.69. The number of benzene rings is 1. The van der Waals surface area contributed by atoms with Gasteiger partial charge >= 0.3 is 0 Å². The van der Waals surface area contributed by atoms with E-state index < -0.39 is 108 Å². The van der Waals surface area contributed by atoms with Gasteiger partial charge in [-0.2, -0.15) is 0 Å². The standard InChI is InChI=1S/C25H42N4O12S/c1-9(26)20-18(34)19(35)25(38-20)41-23-15(31)13(29-42(36,37)11-6-4-3-5-7-11)8-12(27)22(23)40-24-14(28)16(32)17(33)21(39-24)10(2)30/h3-7,9-10,12-25,29-35H,8,26-28H2,1-2H3/t9-,10-,12?,13-,14?,15?,16-,17+,18-,19?,20-,21?,22-,23-,24-,25+/m1/s1. The summed E-state index contributed by atoms with van der Waals surface area (Å²) in [4.78, 5) is -0.0580. The maximum Gasteiger partial charge on any atom is 0.240 e. The third-order valence-corrected chi connectivity index (χ3v) is 9.41. The fourth-order valence-corrected chi connectivity index (χ4v) is 6.80. The van der Waals surface area contributed by atoms with Crippen molar-refractivity contribution in [3.05, 3.63) is 30.3 Å². The number of hydrogen-bond donors (Lipinski definition) is 10. The molecule has 1 saturated carbocycles. The van der Waals surface area contributed by atoms with Crippen LogP contribution in [0.25, 0.3) is 0 Å². The zero-order chi connectivity index (χ0) is 31.1. The lowest BCUT2D eigenvalue weighted by atomic mass is 9.84. The predicted octanol–water partition coefficient (Wildman–Crippen LogP) is -4.86. The number of aliphatic hydroxyl groups excluding tert-OH is 6. The Hall–Kier alpha value is -1.39. The molecule has 3 aliphatic rings. The molecule has 1 aromatic carbocycles. The lowest BCUT2D eigenvalue weighted by molar-refractivity contribution is -0.315. The van der Waals surface area contributed by atoms with Crippen molar-refractivity contribution in [2.45, 2.75) is 123 Å². The van der Waals surface area contributed by atoms with E-state index in [-0.39, 0.29) is 11.3 Å². The van der Waals surface area contributed by atoms with Gasteiger partial charge in [-0.25, -0.2) is 13.1 Å². The monoisotopic (exact) mass is 622 g/mol. The molecular weight excluding hydrogens is 580 g/mol. The van der Waals surface area contributed by atoms with Gasteiger partial charge in [-0.3, -0.25) is 0 Å². The molecule has 2 saturated heterocycles. The van der Waals surface area contributed by atoms with Crippen molar-refractivity contribution in [1.29, 1.82) is 0 Å². The van der Waals surface area contributed by atoms with E-state index in [9.17, 15) is 39.1 Å². The molecule has 2 heterocycles. The zero-order valence-corrected chi connectivity index (χ0v) is 23.9. The number of sulfonamides is 1. The van der Waals surface area contributed by atoms with Crippen molar-refractivity contribution in [1.82, 2.24) is 4.72 Å². The van der Waals surface area contributed by atoms with Crippen LogP contribution >= 0.6 is 0 Å². The van der Waals surface area contributed by atoms with E-state index >= 15 is 0 Å². The fraction of sp³-hybridized carbons (Fsp3) is 0.760. The number of aliphatic hydroxyl groups is 6. The van der Waals surface area contributed by atoms with Crippen LogP contribution in [0.5, 0.6) is 0 Å². The van der Waals surface area contributed by atoms with Gasteiger partial charge in [-0.05, 0) is 32.4 Å². The zero-order valence-electron chi connectivity index (χ0n) is 23.1. The molecule has 17 heteroatoms. The molecular formula is C25H42N4O12S. The van der Waals surface area contributed by atoms with E-state index in [0.717, 1.165) is 0 Å². The number of nitrogens with two attached hydrogens (primary N) is 3. The molecule has 240 valence electrons. The highest BCUT2D eigenvalue weighted by molar-refractivity contribution is 7.89. The summed E-state index contributed by atoms with van der Waals surface area (Å²) in [6.07, 6.45) is -17.3. The summed E-state index contributed by atoms with van der Waals surface area (Å²) in [5.41, 5.74) is 18.3. The van der Waals surface area contributed by atoms with Crippen LogP contribution in [0.1, 0.15) is 20.3 Å². The van der Waals surface area contributed by atoms with Crippen molar-refractivity contribution in [3.8, 4) is 0 Å². The van der Waals surface area contributed by atoms with Crippen LogP contribution < -0.4 is 21.9 Å². The van der Waals surface area contributed by atoms with Gasteiger partial charge in [0, 0.05) is 12.1 Å².